The Morgan fingerprint density at radius 3 is 2.63 bits per heavy atom. The second kappa shape index (κ2) is 8.47. The maximum absolute atomic E-state index is 10.8. The summed E-state index contributed by atoms with van der Waals surface area (Å²) < 4.78 is 3.04. The van der Waals surface area contributed by atoms with Crippen molar-refractivity contribution in [1.29, 1.82) is 0 Å². The summed E-state index contributed by atoms with van der Waals surface area (Å²) in [4.78, 5) is 22.1. The summed E-state index contributed by atoms with van der Waals surface area (Å²) in [5.41, 5.74) is 1.72. The van der Waals surface area contributed by atoms with Crippen LogP contribution >= 0.6 is 11.9 Å². The number of nitrogens with zero attached hydrogens (tertiary/aromatic N) is 4. The highest BCUT2D eigenvalue weighted by molar-refractivity contribution is 7.97. The standard InChI is InChI=1S/C18H18N6O2S/c1-19-27-16-5-3-4-13(12-16)21-18-20-11-10-17(22-18)23(2)14-6-8-15(9-7-14)24(25)26/h3-12,19H,1-2H3,(H,20,21,22). The van der Waals surface area contributed by atoms with Gasteiger partial charge in [0.1, 0.15) is 5.82 Å². The van der Waals surface area contributed by atoms with Gasteiger partial charge in [0.15, 0.2) is 0 Å². The molecule has 0 saturated carbocycles. The molecule has 0 unspecified atom stereocenters. The molecule has 0 saturated heterocycles. The Labute approximate surface area is 160 Å². The Hall–Kier alpha value is -3.17. The van der Waals surface area contributed by atoms with E-state index < -0.39 is 4.92 Å². The fourth-order valence-corrected chi connectivity index (χ4v) is 2.98. The number of nitro groups is 1. The molecule has 1 aromatic heterocycles. The fourth-order valence-electron chi connectivity index (χ4n) is 2.41. The zero-order chi connectivity index (χ0) is 19.2. The van der Waals surface area contributed by atoms with Crippen LogP contribution in [0, 0.1) is 10.1 Å². The molecule has 0 aliphatic carbocycles. The van der Waals surface area contributed by atoms with Crippen LogP contribution in [0.3, 0.4) is 0 Å². The van der Waals surface area contributed by atoms with E-state index in [9.17, 15) is 10.1 Å². The van der Waals surface area contributed by atoms with Gasteiger partial charge in [0.2, 0.25) is 5.95 Å². The first-order valence-electron chi connectivity index (χ1n) is 8.09. The van der Waals surface area contributed by atoms with Crippen LogP contribution in [0.2, 0.25) is 0 Å². The Kier molecular flexibility index (Phi) is 5.84. The summed E-state index contributed by atoms with van der Waals surface area (Å²) in [5.74, 6) is 1.13. The molecule has 0 radical (unpaired) electrons. The third-order valence-corrected chi connectivity index (χ3v) is 4.44. The number of non-ortho nitro benzene ring substituents is 1. The quantitative estimate of drug-likeness (QED) is 0.358. The molecule has 3 aromatic rings. The van der Waals surface area contributed by atoms with Gasteiger partial charge < -0.3 is 10.2 Å². The molecule has 0 aliphatic rings. The van der Waals surface area contributed by atoms with Crippen molar-refractivity contribution < 1.29 is 4.92 Å². The topological polar surface area (TPSA) is 96.2 Å². The normalized spacial score (nSPS) is 10.4. The van der Waals surface area contributed by atoms with E-state index in [1.54, 1.807) is 24.4 Å². The molecule has 138 valence electrons. The van der Waals surface area contributed by atoms with Gasteiger partial charge in [-0.15, -0.1) is 0 Å². The molecule has 0 atom stereocenters. The van der Waals surface area contributed by atoms with Gasteiger partial charge in [0.05, 0.1) is 4.92 Å². The number of aromatic nitrogens is 2. The summed E-state index contributed by atoms with van der Waals surface area (Å²) in [6, 6.07) is 16.0. The van der Waals surface area contributed by atoms with Gasteiger partial charge >= 0.3 is 0 Å². The maximum atomic E-state index is 10.8. The minimum atomic E-state index is -0.420. The highest BCUT2D eigenvalue weighted by Gasteiger charge is 2.10. The van der Waals surface area contributed by atoms with Crippen molar-refractivity contribution in [2.75, 3.05) is 24.3 Å². The molecule has 9 heteroatoms. The second-order valence-corrected chi connectivity index (χ2v) is 6.61. The van der Waals surface area contributed by atoms with E-state index >= 15 is 0 Å². The van der Waals surface area contributed by atoms with Gasteiger partial charge in [0, 0.05) is 41.6 Å². The van der Waals surface area contributed by atoms with Gasteiger partial charge in [-0.3, -0.25) is 14.8 Å². The predicted molar refractivity (Wildman–Crippen MR) is 108 cm³/mol. The van der Waals surface area contributed by atoms with Crippen LogP contribution in [0.1, 0.15) is 0 Å². The molecule has 27 heavy (non-hydrogen) atoms. The van der Waals surface area contributed by atoms with Crippen LogP contribution in [-0.2, 0) is 0 Å². The molecule has 3 rings (SSSR count). The minimum Gasteiger partial charge on any atom is -0.329 e. The first kappa shape index (κ1) is 18.6. The Balaban J connectivity index is 1.78. The largest absolute Gasteiger partial charge is 0.329 e. The summed E-state index contributed by atoms with van der Waals surface area (Å²) in [7, 11) is 3.71. The van der Waals surface area contributed by atoms with E-state index in [1.165, 1.54) is 24.1 Å². The van der Waals surface area contributed by atoms with Crippen LogP contribution in [0.5, 0.6) is 0 Å². The lowest BCUT2D eigenvalue weighted by Crippen LogP contribution is -2.12. The van der Waals surface area contributed by atoms with Crippen molar-refractivity contribution in [1.82, 2.24) is 14.7 Å². The lowest BCUT2D eigenvalue weighted by molar-refractivity contribution is -0.384. The fraction of sp³-hybridized carbons (Fsp3) is 0.111. The number of hydrogen-bond acceptors (Lipinski definition) is 8. The molecule has 0 spiro atoms. The highest BCUT2D eigenvalue weighted by atomic mass is 32.2. The molecule has 2 N–H and O–H groups in total. The molecule has 2 aromatic carbocycles. The number of nitro benzene ring substituents is 1. The van der Waals surface area contributed by atoms with Crippen LogP contribution in [-0.4, -0.2) is 29.0 Å². The SMILES string of the molecule is CNSc1cccc(Nc2nccc(N(C)c3ccc([N+](=O)[O-])cc3)n2)c1. The molecular weight excluding hydrogens is 364 g/mol. The summed E-state index contributed by atoms with van der Waals surface area (Å²) in [6.07, 6.45) is 1.67. The third-order valence-electron chi connectivity index (χ3n) is 3.74. The molecule has 0 bridgehead atoms. The van der Waals surface area contributed by atoms with E-state index in [2.05, 4.69) is 20.0 Å². The van der Waals surface area contributed by atoms with E-state index in [0.29, 0.717) is 11.8 Å². The van der Waals surface area contributed by atoms with Crippen LogP contribution < -0.4 is 14.9 Å². The Morgan fingerprint density at radius 2 is 1.93 bits per heavy atom. The van der Waals surface area contributed by atoms with Crippen molar-refractivity contribution in [2.45, 2.75) is 4.90 Å². The van der Waals surface area contributed by atoms with Gasteiger partial charge in [-0.2, -0.15) is 4.98 Å². The van der Waals surface area contributed by atoms with E-state index in [4.69, 9.17) is 0 Å². The summed E-state index contributed by atoms with van der Waals surface area (Å²) >= 11 is 1.52. The lowest BCUT2D eigenvalue weighted by atomic mass is 10.2. The second-order valence-electron chi connectivity index (χ2n) is 5.53. The van der Waals surface area contributed by atoms with Gasteiger partial charge in [-0.05, 0) is 55.4 Å². The number of hydrogen-bond donors (Lipinski definition) is 2. The number of rotatable bonds is 7. The highest BCUT2D eigenvalue weighted by Crippen LogP contribution is 2.25. The van der Waals surface area contributed by atoms with Crippen LogP contribution in [0.15, 0.2) is 65.7 Å². The first-order valence-corrected chi connectivity index (χ1v) is 8.90. The van der Waals surface area contributed by atoms with E-state index in [1.807, 2.05) is 43.3 Å². The average molecular weight is 382 g/mol. The Bertz CT molecular complexity index is 935. The molecule has 0 fully saturated rings. The zero-order valence-electron chi connectivity index (χ0n) is 14.8. The summed E-state index contributed by atoms with van der Waals surface area (Å²) in [5, 5.41) is 14.0. The first-order chi connectivity index (χ1) is 13.1. The lowest BCUT2D eigenvalue weighted by Gasteiger charge is -2.18. The predicted octanol–water partition coefficient (Wildman–Crippen LogP) is 4.12. The van der Waals surface area contributed by atoms with Gasteiger partial charge in [0.25, 0.3) is 5.69 Å². The zero-order valence-corrected chi connectivity index (χ0v) is 15.6. The Morgan fingerprint density at radius 1 is 1.15 bits per heavy atom. The monoisotopic (exact) mass is 382 g/mol. The van der Waals surface area contributed by atoms with Crippen molar-refractivity contribution in [3.8, 4) is 0 Å². The molecule has 0 aliphatic heterocycles. The van der Waals surface area contributed by atoms with Crippen molar-refractivity contribution in [2.24, 2.45) is 0 Å². The van der Waals surface area contributed by atoms with Crippen molar-refractivity contribution in [3.05, 3.63) is 70.9 Å². The van der Waals surface area contributed by atoms with E-state index in [0.717, 1.165) is 16.3 Å². The molecule has 0 amide bonds. The van der Waals surface area contributed by atoms with Gasteiger partial charge in [-0.25, -0.2) is 4.98 Å². The van der Waals surface area contributed by atoms with Crippen LogP contribution in [0.25, 0.3) is 0 Å². The number of anilines is 4. The third kappa shape index (κ3) is 4.72. The van der Waals surface area contributed by atoms with E-state index in [-0.39, 0.29) is 5.69 Å². The van der Waals surface area contributed by atoms with Crippen LogP contribution in [0.4, 0.5) is 28.8 Å². The molecular formula is C18H18N6O2S. The minimum absolute atomic E-state index is 0.0523. The average Bonchev–Trinajstić information content (AvgIpc) is 2.68. The maximum Gasteiger partial charge on any atom is 0.269 e. The summed E-state index contributed by atoms with van der Waals surface area (Å²) in [6.45, 7) is 0. The van der Waals surface area contributed by atoms with Gasteiger partial charge in [-0.1, -0.05) is 6.07 Å². The number of benzene rings is 2. The van der Waals surface area contributed by atoms with Crippen molar-refractivity contribution in [3.63, 3.8) is 0 Å². The number of nitrogens with one attached hydrogen (secondary N) is 2. The van der Waals surface area contributed by atoms with Crippen molar-refractivity contribution >= 4 is 40.8 Å². The molecule has 8 nitrogen and oxygen atoms in total. The molecule has 1 heterocycles. The smallest absolute Gasteiger partial charge is 0.269 e.